The molecule has 4 rings (SSSR count). The van der Waals surface area contributed by atoms with Crippen LogP contribution in [0.15, 0.2) is 64.6 Å². The first-order chi connectivity index (χ1) is 15.2. The third-order valence-electron chi connectivity index (χ3n) is 5.08. The highest BCUT2D eigenvalue weighted by Gasteiger charge is 2.18. The Kier molecular flexibility index (Phi) is 6.16. The number of aromatic nitrogens is 1. The van der Waals surface area contributed by atoms with Gasteiger partial charge < -0.3 is 19.2 Å². The van der Waals surface area contributed by atoms with Crippen molar-refractivity contribution in [1.82, 2.24) is 9.99 Å². The molecular weight excluding hydrogens is 396 g/mol. The van der Waals surface area contributed by atoms with Crippen LogP contribution in [0.25, 0.3) is 0 Å². The number of ether oxygens (including phenoxy) is 2. The van der Waals surface area contributed by atoms with E-state index in [-0.39, 0.29) is 11.7 Å². The van der Waals surface area contributed by atoms with E-state index in [9.17, 15) is 4.79 Å². The highest BCUT2D eigenvalue weighted by Crippen LogP contribution is 2.29. The predicted molar refractivity (Wildman–Crippen MR) is 117 cm³/mol. The fourth-order valence-electron chi connectivity index (χ4n) is 3.52. The smallest absolute Gasteiger partial charge is 0.293 e. The number of amides is 1. The Morgan fingerprint density at radius 1 is 1.16 bits per heavy atom. The first kappa shape index (κ1) is 20.5. The Bertz CT molecular complexity index is 1080. The van der Waals surface area contributed by atoms with E-state index in [2.05, 4.69) is 10.3 Å². The second kappa shape index (κ2) is 9.34. The molecule has 31 heavy (non-hydrogen) atoms. The zero-order valence-corrected chi connectivity index (χ0v) is 17.5. The third-order valence-corrected chi connectivity index (χ3v) is 5.08. The molecule has 1 N–H and O–H groups in total. The van der Waals surface area contributed by atoms with Crippen molar-refractivity contribution < 1.29 is 18.7 Å². The van der Waals surface area contributed by atoms with E-state index in [0.717, 1.165) is 41.9 Å². The molecule has 0 spiro atoms. The Labute approximate surface area is 180 Å². The van der Waals surface area contributed by atoms with Gasteiger partial charge in [0.2, 0.25) is 5.76 Å². The number of hydrazone groups is 1. The van der Waals surface area contributed by atoms with Crippen LogP contribution >= 0.6 is 0 Å². The molecule has 0 saturated carbocycles. The van der Waals surface area contributed by atoms with Crippen LogP contribution in [0.4, 0.5) is 5.69 Å². The lowest BCUT2D eigenvalue weighted by atomic mass is 10.0. The largest absolute Gasteiger partial charge is 0.493 e. The van der Waals surface area contributed by atoms with Crippen molar-refractivity contribution in [3.8, 4) is 11.5 Å². The normalized spacial score (nSPS) is 13.5. The van der Waals surface area contributed by atoms with Gasteiger partial charge in [0.25, 0.3) is 5.91 Å². The summed E-state index contributed by atoms with van der Waals surface area (Å²) in [6.07, 6.45) is 4.50. The van der Waals surface area contributed by atoms with Gasteiger partial charge in [0.05, 0.1) is 32.7 Å². The Hall–Kier alpha value is -3.81. The van der Waals surface area contributed by atoms with E-state index >= 15 is 0 Å². The van der Waals surface area contributed by atoms with Crippen molar-refractivity contribution in [2.45, 2.75) is 19.4 Å². The first-order valence-electron chi connectivity index (χ1n) is 10.0. The maximum atomic E-state index is 12.4. The average Bonchev–Trinajstić information content (AvgIpc) is 3.35. The number of para-hydroxylation sites is 1. The van der Waals surface area contributed by atoms with E-state index in [1.54, 1.807) is 14.2 Å². The number of carbonyl (C=O) groups excluding carboxylic acids is 1. The van der Waals surface area contributed by atoms with E-state index in [4.69, 9.17) is 19.0 Å². The average molecular weight is 420 g/mol. The molecule has 0 unspecified atom stereocenters. The minimum absolute atomic E-state index is 0.168. The van der Waals surface area contributed by atoms with Gasteiger partial charge >= 0.3 is 0 Å². The molecule has 1 amide bonds. The van der Waals surface area contributed by atoms with E-state index in [1.807, 2.05) is 47.5 Å². The van der Waals surface area contributed by atoms with Gasteiger partial charge in [-0.25, -0.2) is 4.98 Å². The van der Waals surface area contributed by atoms with Crippen LogP contribution in [0, 0.1) is 0 Å². The number of methoxy groups -OCH3 is 2. The van der Waals surface area contributed by atoms with Gasteiger partial charge in [0, 0.05) is 17.8 Å². The minimum Gasteiger partial charge on any atom is -0.493 e. The van der Waals surface area contributed by atoms with E-state index in [0.29, 0.717) is 18.0 Å². The summed E-state index contributed by atoms with van der Waals surface area (Å²) >= 11 is 0. The van der Waals surface area contributed by atoms with Crippen molar-refractivity contribution >= 4 is 17.3 Å². The van der Waals surface area contributed by atoms with Crippen molar-refractivity contribution in [3.63, 3.8) is 0 Å². The molecule has 2 aromatic carbocycles. The number of benzene rings is 2. The quantitative estimate of drug-likeness (QED) is 0.623. The van der Waals surface area contributed by atoms with Crippen molar-refractivity contribution in [3.05, 3.63) is 71.9 Å². The standard InChI is InChI=1S/C23H24N4O4/c1-29-20-10-9-16(12-21(20)30-2)19-8-5-11-27(26-19)14-17-6-3-4-7-18(17)25-23(28)22-13-24-15-31-22/h3-4,6-7,9-10,12-13,15H,5,8,11,14H2,1-2H3,(H,25,28). The number of hydrogen-bond donors (Lipinski definition) is 1. The first-order valence-corrected chi connectivity index (χ1v) is 10.0. The summed E-state index contributed by atoms with van der Waals surface area (Å²) in [5, 5.41) is 9.78. The van der Waals surface area contributed by atoms with Gasteiger partial charge in [-0.05, 0) is 42.7 Å². The summed E-state index contributed by atoms with van der Waals surface area (Å²) in [7, 11) is 3.25. The molecule has 8 heteroatoms. The summed E-state index contributed by atoms with van der Waals surface area (Å²) in [5.74, 6) is 1.20. The topological polar surface area (TPSA) is 89.2 Å². The molecule has 1 aliphatic rings. The maximum absolute atomic E-state index is 12.4. The van der Waals surface area contributed by atoms with E-state index in [1.165, 1.54) is 12.6 Å². The van der Waals surface area contributed by atoms with Crippen molar-refractivity contribution in [2.24, 2.45) is 5.10 Å². The van der Waals surface area contributed by atoms with Gasteiger partial charge in [-0.3, -0.25) is 9.80 Å². The summed E-state index contributed by atoms with van der Waals surface area (Å²) in [6, 6.07) is 13.5. The summed E-state index contributed by atoms with van der Waals surface area (Å²) in [4.78, 5) is 16.2. The molecule has 0 radical (unpaired) electrons. The molecule has 160 valence electrons. The maximum Gasteiger partial charge on any atom is 0.293 e. The molecule has 0 saturated heterocycles. The van der Waals surface area contributed by atoms with Crippen LogP contribution in [-0.2, 0) is 6.54 Å². The van der Waals surface area contributed by atoms with Crippen LogP contribution in [0.1, 0.15) is 34.5 Å². The number of rotatable bonds is 7. The minimum atomic E-state index is -0.335. The molecule has 0 atom stereocenters. The molecular formula is C23H24N4O4. The van der Waals surface area contributed by atoms with Crippen molar-refractivity contribution in [1.29, 1.82) is 0 Å². The number of nitrogens with zero attached hydrogens (tertiary/aromatic N) is 3. The molecule has 0 bridgehead atoms. The highest BCUT2D eigenvalue weighted by molar-refractivity contribution is 6.02. The molecule has 2 heterocycles. The lowest BCUT2D eigenvalue weighted by molar-refractivity contribution is 0.0996. The number of anilines is 1. The molecule has 8 nitrogen and oxygen atoms in total. The Morgan fingerprint density at radius 2 is 2.00 bits per heavy atom. The van der Waals surface area contributed by atoms with Gasteiger partial charge in [-0.1, -0.05) is 18.2 Å². The Balaban J connectivity index is 1.53. The molecule has 3 aromatic rings. The summed E-state index contributed by atoms with van der Waals surface area (Å²) in [6.45, 7) is 1.41. The van der Waals surface area contributed by atoms with Gasteiger partial charge in [0.1, 0.15) is 0 Å². The lowest BCUT2D eigenvalue weighted by Gasteiger charge is -2.26. The fourth-order valence-corrected chi connectivity index (χ4v) is 3.52. The van der Waals surface area contributed by atoms with Crippen molar-refractivity contribution in [2.75, 3.05) is 26.1 Å². The summed E-state index contributed by atoms with van der Waals surface area (Å²) < 4.78 is 15.8. The number of nitrogens with one attached hydrogen (secondary N) is 1. The van der Waals surface area contributed by atoms with Gasteiger partial charge in [-0.2, -0.15) is 5.10 Å². The molecule has 1 aliphatic heterocycles. The fraction of sp³-hybridized carbons (Fsp3) is 0.261. The number of carbonyl (C=O) groups is 1. The van der Waals surface area contributed by atoms with Gasteiger partial charge in [-0.15, -0.1) is 0 Å². The number of oxazole rings is 1. The SMILES string of the molecule is COc1ccc(C2=NN(Cc3ccccc3NC(=O)c3cnco3)CCC2)cc1OC. The summed E-state index contributed by atoms with van der Waals surface area (Å²) in [5.41, 5.74) is 3.69. The second-order valence-corrected chi connectivity index (χ2v) is 7.09. The zero-order chi connectivity index (χ0) is 21.6. The van der Waals surface area contributed by atoms with Gasteiger partial charge in [0.15, 0.2) is 17.9 Å². The lowest BCUT2D eigenvalue weighted by Crippen LogP contribution is -2.26. The van der Waals surface area contributed by atoms with Crippen LogP contribution in [0.5, 0.6) is 11.5 Å². The van der Waals surface area contributed by atoms with Crippen LogP contribution in [0.2, 0.25) is 0 Å². The second-order valence-electron chi connectivity index (χ2n) is 7.09. The zero-order valence-electron chi connectivity index (χ0n) is 17.5. The highest BCUT2D eigenvalue weighted by atomic mass is 16.5. The molecule has 0 fully saturated rings. The number of hydrogen-bond acceptors (Lipinski definition) is 7. The Morgan fingerprint density at radius 3 is 2.77 bits per heavy atom. The van der Waals surface area contributed by atoms with Crippen LogP contribution < -0.4 is 14.8 Å². The molecule has 1 aromatic heterocycles. The molecule has 0 aliphatic carbocycles. The van der Waals surface area contributed by atoms with Crippen LogP contribution in [-0.4, -0.2) is 42.4 Å². The monoisotopic (exact) mass is 420 g/mol. The van der Waals surface area contributed by atoms with E-state index < -0.39 is 0 Å². The third kappa shape index (κ3) is 4.69. The van der Waals surface area contributed by atoms with Crippen LogP contribution in [0.3, 0.4) is 0 Å². The predicted octanol–water partition coefficient (Wildman–Crippen LogP) is 3.94.